The third-order valence-electron chi connectivity index (χ3n) is 2.23. The maximum atomic E-state index is 13.9. The van der Waals surface area contributed by atoms with Crippen LogP contribution in [0.3, 0.4) is 0 Å². The van der Waals surface area contributed by atoms with E-state index >= 15 is 0 Å². The molecule has 0 fully saturated rings. The van der Waals surface area contributed by atoms with Gasteiger partial charge in [-0.05, 0) is 50.8 Å². The Morgan fingerprint density at radius 3 is 2.60 bits per heavy atom. The van der Waals surface area contributed by atoms with Crippen molar-refractivity contribution < 1.29 is 13.9 Å². The molecule has 0 aliphatic rings. The molecule has 0 saturated carbocycles. The minimum Gasteiger partial charge on any atom is -0.489 e. The molecule has 0 aliphatic carbocycles. The maximum Gasteiger partial charge on any atom is 0.173 e. The molecule has 0 radical (unpaired) electrons. The number of hydrogen-bond acceptors (Lipinski definition) is 2. The normalized spacial score (nSPS) is 10.2. The molecule has 20 heavy (non-hydrogen) atoms. The average Bonchev–Trinajstić information content (AvgIpc) is 2.36. The monoisotopic (exact) mass is 448 g/mol. The summed E-state index contributed by atoms with van der Waals surface area (Å²) in [5.74, 6) is 0.410. The first kappa shape index (κ1) is 18.1. The zero-order chi connectivity index (χ0) is 15.0. The van der Waals surface area contributed by atoms with Gasteiger partial charge in [0.25, 0.3) is 0 Å². The van der Waals surface area contributed by atoms with Gasteiger partial charge in [-0.3, -0.25) is 0 Å². The van der Waals surface area contributed by atoms with Crippen LogP contribution >= 0.6 is 55.1 Å². The van der Waals surface area contributed by atoms with Crippen LogP contribution in [0.2, 0.25) is 5.02 Å². The SMILES string of the molecule is Fc1cc(OCC=C(Br)Br)cc(Cl)c1OCCCCCl. The lowest BCUT2D eigenvalue weighted by Gasteiger charge is -2.11. The number of rotatable bonds is 8. The van der Waals surface area contributed by atoms with Crippen LogP contribution in [-0.2, 0) is 0 Å². The molecule has 2 nitrogen and oxygen atoms in total. The molecule has 0 N–H and O–H groups in total. The Hall–Kier alpha value is 0.0300. The Kier molecular flexibility index (Phi) is 8.93. The van der Waals surface area contributed by atoms with E-state index in [0.717, 1.165) is 16.2 Å². The highest BCUT2D eigenvalue weighted by molar-refractivity contribution is 9.28. The molecule has 0 saturated heterocycles. The summed E-state index contributed by atoms with van der Waals surface area (Å²) < 4.78 is 25.3. The van der Waals surface area contributed by atoms with Crippen molar-refractivity contribution >= 4 is 55.1 Å². The first-order valence-corrected chi connectivity index (χ1v) is 8.36. The van der Waals surface area contributed by atoms with Crippen LogP contribution in [0.25, 0.3) is 0 Å². The third kappa shape index (κ3) is 6.66. The highest BCUT2D eigenvalue weighted by atomic mass is 79.9. The molecule has 0 amide bonds. The van der Waals surface area contributed by atoms with Crippen molar-refractivity contribution in [2.45, 2.75) is 12.8 Å². The van der Waals surface area contributed by atoms with Gasteiger partial charge in [-0.1, -0.05) is 11.6 Å². The fourth-order valence-corrected chi connectivity index (χ4v) is 2.04. The Balaban J connectivity index is 2.63. The summed E-state index contributed by atoms with van der Waals surface area (Å²) in [6.45, 7) is 0.667. The van der Waals surface area contributed by atoms with Crippen LogP contribution < -0.4 is 9.47 Å². The first-order valence-electron chi connectivity index (χ1n) is 5.86. The van der Waals surface area contributed by atoms with Crippen molar-refractivity contribution in [3.63, 3.8) is 0 Å². The molecular formula is C13H13Br2Cl2FO2. The standard InChI is InChI=1S/C13H13Br2Cl2FO2/c14-12(15)3-6-19-9-7-10(17)13(11(18)8-9)20-5-2-1-4-16/h3,7-8H,1-2,4-6H2. The number of unbranched alkanes of at least 4 members (excludes halogenated alkanes) is 1. The third-order valence-corrected chi connectivity index (χ3v) is 3.43. The molecular weight excluding hydrogens is 438 g/mol. The molecule has 7 heteroatoms. The van der Waals surface area contributed by atoms with E-state index in [0.29, 0.717) is 18.2 Å². The predicted molar refractivity (Wildman–Crippen MR) is 88.3 cm³/mol. The minimum absolute atomic E-state index is 0.0470. The van der Waals surface area contributed by atoms with Gasteiger partial charge in [-0.25, -0.2) is 4.39 Å². The zero-order valence-electron chi connectivity index (χ0n) is 10.5. The minimum atomic E-state index is -0.541. The Labute approximate surface area is 144 Å². The van der Waals surface area contributed by atoms with Crippen LogP contribution in [0, 0.1) is 5.82 Å². The number of benzene rings is 1. The largest absolute Gasteiger partial charge is 0.489 e. The second kappa shape index (κ2) is 9.87. The topological polar surface area (TPSA) is 18.5 Å². The van der Waals surface area contributed by atoms with Gasteiger partial charge >= 0.3 is 0 Å². The lowest BCUT2D eigenvalue weighted by molar-refractivity contribution is 0.292. The molecule has 0 unspecified atom stereocenters. The summed E-state index contributed by atoms with van der Waals surface area (Å²) >= 11 is 17.9. The molecule has 0 bridgehead atoms. The van der Waals surface area contributed by atoms with Crippen LogP contribution in [-0.4, -0.2) is 19.1 Å². The summed E-state index contributed by atoms with van der Waals surface area (Å²) in [5.41, 5.74) is 0. The number of alkyl halides is 1. The second-order valence-electron chi connectivity index (χ2n) is 3.77. The summed E-state index contributed by atoms with van der Waals surface area (Å²) in [5, 5.41) is 0.188. The van der Waals surface area contributed by atoms with Crippen molar-refractivity contribution in [2.24, 2.45) is 0 Å². The Bertz CT molecular complexity index is 443. The fraction of sp³-hybridized carbons (Fsp3) is 0.385. The molecule has 1 rings (SSSR count). The van der Waals surface area contributed by atoms with Crippen molar-refractivity contribution in [1.82, 2.24) is 0 Å². The van der Waals surface area contributed by atoms with Gasteiger partial charge in [0, 0.05) is 18.0 Å². The molecule has 1 aromatic rings. The number of hydrogen-bond donors (Lipinski definition) is 0. The zero-order valence-corrected chi connectivity index (χ0v) is 15.2. The quantitative estimate of drug-likeness (QED) is 0.363. The molecule has 0 spiro atoms. The highest BCUT2D eigenvalue weighted by Gasteiger charge is 2.11. The summed E-state index contributed by atoms with van der Waals surface area (Å²) in [7, 11) is 0. The van der Waals surface area contributed by atoms with Crippen molar-refractivity contribution in [3.8, 4) is 11.5 Å². The van der Waals surface area contributed by atoms with Gasteiger partial charge in [-0.2, -0.15) is 0 Å². The van der Waals surface area contributed by atoms with Crippen LogP contribution in [0.1, 0.15) is 12.8 Å². The number of halogens is 5. The van der Waals surface area contributed by atoms with E-state index in [-0.39, 0.29) is 17.4 Å². The van der Waals surface area contributed by atoms with Gasteiger partial charge in [0.05, 0.1) is 15.0 Å². The van der Waals surface area contributed by atoms with E-state index < -0.39 is 5.82 Å². The lowest BCUT2D eigenvalue weighted by atomic mass is 10.3. The molecule has 0 aliphatic heterocycles. The van der Waals surface area contributed by atoms with Crippen LogP contribution in [0.5, 0.6) is 11.5 Å². The molecule has 0 atom stereocenters. The smallest absolute Gasteiger partial charge is 0.173 e. The van der Waals surface area contributed by atoms with Crippen LogP contribution in [0.15, 0.2) is 21.6 Å². The van der Waals surface area contributed by atoms with E-state index in [1.54, 1.807) is 6.08 Å². The van der Waals surface area contributed by atoms with Crippen molar-refractivity contribution in [1.29, 1.82) is 0 Å². The first-order chi connectivity index (χ1) is 9.54. The molecule has 1 aromatic carbocycles. The summed E-state index contributed by atoms with van der Waals surface area (Å²) in [6, 6.07) is 2.77. The van der Waals surface area contributed by atoms with E-state index in [9.17, 15) is 4.39 Å². The second-order valence-corrected chi connectivity index (χ2v) is 7.32. The summed E-state index contributed by atoms with van der Waals surface area (Å²) in [6.07, 6.45) is 3.31. The van der Waals surface area contributed by atoms with Crippen molar-refractivity contribution in [3.05, 3.63) is 32.4 Å². The van der Waals surface area contributed by atoms with Gasteiger partial charge in [0.15, 0.2) is 11.6 Å². The molecule has 112 valence electrons. The number of ether oxygens (including phenoxy) is 2. The maximum absolute atomic E-state index is 13.9. The molecule has 0 heterocycles. The van der Waals surface area contributed by atoms with Gasteiger partial charge < -0.3 is 9.47 Å². The van der Waals surface area contributed by atoms with E-state index in [1.165, 1.54) is 12.1 Å². The Morgan fingerprint density at radius 2 is 2.00 bits per heavy atom. The lowest BCUT2D eigenvalue weighted by Crippen LogP contribution is -2.01. The predicted octanol–water partition coefficient (Wildman–Crippen LogP) is 5.89. The van der Waals surface area contributed by atoms with Gasteiger partial charge in [-0.15, -0.1) is 11.6 Å². The van der Waals surface area contributed by atoms with E-state index in [2.05, 4.69) is 31.9 Å². The van der Waals surface area contributed by atoms with Gasteiger partial charge in [0.1, 0.15) is 12.4 Å². The fourth-order valence-electron chi connectivity index (χ4n) is 1.33. The molecule has 0 aromatic heterocycles. The van der Waals surface area contributed by atoms with Crippen LogP contribution in [0.4, 0.5) is 4.39 Å². The van der Waals surface area contributed by atoms with E-state index in [4.69, 9.17) is 32.7 Å². The van der Waals surface area contributed by atoms with Crippen molar-refractivity contribution in [2.75, 3.05) is 19.1 Å². The summed E-state index contributed by atoms with van der Waals surface area (Å²) in [4.78, 5) is 0. The highest BCUT2D eigenvalue weighted by Crippen LogP contribution is 2.32. The Morgan fingerprint density at radius 1 is 1.25 bits per heavy atom. The van der Waals surface area contributed by atoms with Gasteiger partial charge in [0.2, 0.25) is 0 Å². The van der Waals surface area contributed by atoms with E-state index in [1.807, 2.05) is 0 Å². The average molecular weight is 451 g/mol.